The van der Waals surface area contributed by atoms with Gasteiger partial charge in [-0.05, 0) is 38.1 Å². The molecule has 0 aliphatic heterocycles. The number of nitrogens with two attached hydrogens (primary N) is 1. The summed E-state index contributed by atoms with van der Waals surface area (Å²) in [5.41, 5.74) is 7.08. The maximum Gasteiger partial charge on any atom is 0.150 e. The molecule has 0 spiro atoms. The second-order valence-corrected chi connectivity index (χ2v) is 4.53. The standard InChI is InChI=1S/C15H17N3O2/c1-10(2)20-14-9-11(19)6-7-12(14)18-15(16)13-5-3-4-8-17-13/h3-10,19H,1-2H3,(H2,16,18). The predicted octanol–water partition coefficient (Wildman–Crippen LogP) is 2.61. The normalized spacial score (nSPS) is 11.7. The van der Waals surface area contributed by atoms with Crippen LogP contribution in [-0.2, 0) is 0 Å². The van der Waals surface area contributed by atoms with Gasteiger partial charge in [0.2, 0.25) is 0 Å². The van der Waals surface area contributed by atoms with Gasteiger partial charge in [0, 0.05) is 12.3 Å². The number of aromatic nitrogens is 1. The third-order valence-electron chi connectivity index (χ3n) is 2.47. The Balaban J connectivity index is 2.37. The van der Waals surface area contributed by atoms with Crippen molar-refractivity contribution < 1.29 is 9.84 Å². The van der Waals surface area contributed by atoms with Crippen molar-refractivity contribution in [1.29, 1.82) is 0 Å². The number of hydrogen-bond acceptors (Lipinski definition) is 4. The van der Waals surface area contributed by atoms with Gasteiger partial charge in [0.15, 0.2) is 0 Å². The Morgan fingerprint density at radius 1 is 1.30 bits per heavy atom. The first-order valence-electron chi connectivity index (χ1n) is 6.31. The van der Waals surface area contributed by atoms with Crippen LogP contribution in [0.25, 0.3) is 0 Å². The molecule has 20 heavy (non-hydrogen) atoms. The van der Waals surface area contributed by atoms with E-state index in [9.17, 15) is 5.11 Å². The molecular weight excluding hydrogens is 254 g/mol. The Morgan fingerprint density at radius 3 is 2.75 bits per heavy atom. The molecule has 0 unspecified atom stereocenters. The van der Waals surface area contributed by atoms with Crippen LogP contribution in [0.15, 0.2) is 47.6 Å². The highest BCUT2D eigenvalue weighted by Crippen LogP contribution is 2.32. The van der Waals surface area contributed by atoms with Gasteiger partial charge in [-0.3, -0.25) is 4.98 Å². The van der Waals surface area contributed by atoms with E-state index in [0.29, 0.717) is 23.0 Å². The number of benzene rings is 1. The van der Waals surface area contributed by atoms with Crippen LogP contribution >= 0.6 is 0 Å². The fourth-order valence-electron chi connectivity index (χ4n) is 1.64. The van der Waals surface area contributed by atoms with Crippen molar-refractivity contribution >= 4 is 11.5 Å². The second-order valence-electron chi connectivity index (χ2n) is 4.53. The van der Waals surface area contributed by atoms with Gasteiger partial charge in [-0.15, -0.1) is 0 Å². The molecule has 0 saturated carbocycles. The number of amidine groups is 1. The molecule has 1 aromatic heterocycles. The topological polar surface area (TPSA) is 80.7 Å². The molecule has 0 fully saturated rings. The lowest BCUT2D eigenvalue weighted by Gasteiger charge is -2.12. The molecule has 0 amide bonds. The minimum atomic E-state index is -0.0261. The smallest absolute Gasteiger partial charge is 0.150 e. The van der Waals surface area contributed by atoms with Crippen LogP contribution in [0.5, 0.6) is 11.5 Å². The number of rotatable bonds is 4. The summed E-state index contributed by atoms with van der Waals surface area (Å²) in [5, 5.41) is 9.53. The fourth-order valence-corrected chi connectivity index (χ4v) is 1.64. The Hall–Kier alpha value is -2.56. The summed E-state index contributed by atoms with van der Waals surface area (Å²) in [6.07, 6.45) is 1.63. The Bertz CT molecular complexity index is 610. The first-order chi connectivity index (χ1) is 9.56. The molecule has 0 saturated heterocycles. The van der Waals surface area contributed by atoms with E-state index >= 15 is 0 Å². The molecule has 1 aromatic carbocycles. The van der Waals surface area contributed by atoms with E-state index in [-0.39, 0.29) is 11.9 Å². The largest absolute Gasteiger partial charge is 0.508 e. The third kappa shape index (κ3) is 3.47. The van der Waals surface area contributed by atoms with Crippen molar-refractivity contribution in [1.82, 2.24) is 4.98 Å². The summed E-state index contributed by atoms with van der Waals surface area (Å²) < 4.78 is 5.62. The van der Waals surface area contributed by atoms with E-state index in [2.05, 4.69) is 9.98 Å². The lowest BCUT2D eigenvalue weighted by molar-refractivity contribution is 0.242. The van der Waals surface area contributed by atoms with Gasteiger partial charge in [0.25, 0.3) is 0 Å². The van der Waals surface area contributed by atoms with Crippen LogP contribution < -0.4 is 10.5 Å². The van der Waals surface area contributed by atoms with Crippen LogP contribution in [0.1, 0.15) is 19.5 Å². The fraction of sp³-hybridized carbons (Fsp3) is 0.200. The summed E-state index contributed by atoms with van der Waals surface area (Å²) in [5.74, 6) is 0.903. The zero-order valence-corrected chi connectivity index (χ0v) is 11.4. The van der Waals surface area contributed by atoms with E-state index in [1.54, 1.807) is 18.3 Å². The molecule has 3 N–H and O–H groups in total. The summed E-state index contributed by atoms with van der Waals surface area (Å²) in [6, 6.07) is 10.1. The minimum Gasteiger partial charge on any atom is -0.508 e. The van der Waals surface area contributed by atoms with Gasteiger partial charge >= 0.3 is 0 Å². The maximum atomic E-state index is 9.53. The molecule has 0 aliphatic carbocycles. The highest BCUT2D eigenvalue weighted by Gasteiger charge is 2.08. The highest BCUT2D eigenvalue weighted by atomic mass is 16.5. The van der Waals surface area contributed by atoms with Gasteiger partial charge in [0.1, 0.15) is 28.7 Å². The average Bonchev–Trinajstić information content (AvgIpc) is 2.42. The van der Waals surface area contributed by atoms with Gasteiger partial charge in [-0.25, -0.2) is 4.99 Å². The molecule has 5 heteroatoms. The van der Waals surface area contributed by atoms with E-state index in [1.807, 2.05) is 26.0 Å². The van der Waals surface area contributed by atoms with E-state index in [0.717, 1.165) is 0 Å². The first-order valence-corrected chi connectivity index (χ1v) is 6.31. The molecule has 0 bridgehead atoms. The molecule has 0 atom stereocenters. The third-order valence-corrected chi connectivity index (χ3v) is 2.47. The Labute approximate surface area is 117 Å². The molecule has 0 radical (unpaired) electrons. The maximum absolute atomic E-state index is 9.53. The van der Waals surface area contributed by atoms with Crippen LogP contribution in [0.4, 0.5) is 5.69 Å². The number of pyridine rings is 1. The molecule has 1 heterocycles. The van der Waals surface area contributed by atoms with Gasteiger partial charge in [0.05, 0.1) is 6.10 Å². The zero-order valence-electron chi connectivity index (χ0n) is 11.4. The molecular formula is C15H17N3O2. The Kier molecular flexibility index (Phi) is 4.20. The van der Waals surface area contributed by atoms with E-state index in [4.69, 9.17) is 10.5 Å². The first kappa shape index (κ1) is 13.9. The zero-order chi connectivity index (χ0) is 14.5. The number of hydrogen-bond donors (Lipinski definition) is 2. The highest BCUT2D eigenvalue weighted by molar-refractivity contribution is 5.97. The number of aliphatic imine (C=N–C) groups is 1. The summed E-state index contributed by atoms with van der Waals surface area (Å²) in [6.45, 7) is 3.80. The number of ether oxygens (including phenoxy) is 1. The van der Waals surface area contributed by atoms with Crippen molar-refractivity contribution in [2.24, 2.45) is 10.7 Å². The quantitative estimate of drug-likeness (QED) is 0.661. The lowest BCUT2D eigenvalue weighted by atomic mass is 10.2. The van der Waals surface area contributed by atoms with Crippen molar-refractivity contribution in [3.63, 3.8) is 0 Å². The average molecular weight is 271 g/mol. The number of phenolic OH excluding ortho intramolecular Hbond substituents is 1. The second kappa shape index (κ2) is 6.06. The van der Waals surface area contributed by atoms with Crippen LogP contribution in [-0.4, -0.2) is 22.0 Å². The van der Waals surface area contributed by atoms with Crippen LogP contribution in [0.3, 0.4) is 0 Å². The number of nitrogens with zero attached hydrogens (tertiary/aromatic N) is 2. The molecule has 2 aromatic rings. The van der Waals surface area contributed by atoms with Gasteiger partial charge in [-0.2, -0.15) is 0 Å². The molecule has 104 valence electrons. The van der Waals surface area contributed by atoms with Crippen molar-refractivity contribution in [2.75, 3.05) is 0 Å². The number of aromatic hydroxyl groups is 1. The van der Waals surface area contributed by atoms with Crippen molar-refractivity contribution in [3.8, 4) is 11.5 Å². The summed E-state index contributed by atoms with van der Waals surface area (Å²) >= 11 is 0. The van der Waals surface area contributed by atoms with E-state index < -0.39 is 0 Å². The SMILES string of the molecule is CC(C)Oc1cc(O)ccc1N=C(N)c1ccccn1. The van der Waals surface area contributed by atoms with Crippen molar-refractivity contribution in [2.45, 2.75) is 20.0 Å². The van der Waals surface area contributed by atoms with Gasteiger partial charge < -0.3 is 15.6 Å². The van der Waals surface area contributed by atoms with Crippen LogP contribution in [0, 0.1) is 0 Å². The predicted molar refractivity (Wildman–Crippen MR) is 78.5 cm³/mol. The van der Waals surface area contributed by atoms with Crippen molar-refractivity contribution in [3.05, 3.63) is 48.3 Å². The molecule has 2 rings (SSSR count). The van der Waals surface area contributed by atoms with Gasteiger partial charge in [-0.1, -0.05) is 6.07 Å². The molecule has 0 aliphatic rings. The monoisotopic (exact) mass is 271 g/mol. The number of phenols is 1. The Morgan fingerprint density at radius 2 is 2.10 bits per heavy atom. The minimum absolute atomic E-state index is 0.0261. The van der Waals surface area contributed by atoms with E-state index in [1.165, 1.54) is 12.1 Å². The van der Waals surface area contributed by atoms with Crippen LogP contribution in [0.2, 0.25) is 0 Å². The summed E-state index contributed by atoms with van der Waals surface area (Å²) in [4.78, 5) is 8.46. The lowest BCUT2D eigenvalue weighted by Crippen LogP contribution is -2.14. The summed E-state index contributed by atoms with van der Waals surface area (Å²) in [7, 11) is 0. The molecule has 5 nitrogen and oxygen atoms in total.